The molecule has 0 rings (SSSR count). The zero-order chi connectivity index (χ0) is 20.9. The van der Waals surface area contributed by atoms with E-state index in [1.807, 2.05) is 4.31 Å². The lowest BCUT2D eigenvalue weighted by Crippen LogP contribution is -2.35. The SMILES string of the molecule is CCCCCCCCN(CCCCCCCC)S(=O)(=O)CCCCCCCBr. The molecule has 0 unspecified atom stereocenters. The van der Waals surface area contributed by atoms with E-state index in [9.17, 15) is 8.42 Å². The molecule has 0 N–H and O–H groups in total. The van der Waals surface area contributed by atoms with Crippen LogP contribution in [0, 0.1) is 0 Å². The van der Waals surface area contributed by atoms with Crippen molar-refractivity contribution in [2.45, 2.75) is 123 Å². The molecule has 0 atom stereocenters. The van der Waals surface area contributed by atoms with Crippen LogP contribution in [0.5, 0.6) is 0 Å². The second kappa shape index (κ2) is 20.7. The normalized spacial score (nSPS) is 12.1. The van der Waals surface area contributed by atoms with E-state index >= 15 is 0 Å². The second-order valence-electron chi connectivity index (χ2n) is 8.21. The molecule has 0 aromatic rings. The van der Waals surface area contributed by atoms with Crippen LogP contribution in [0.15, 0.2) is 0 Å². The Kier molecular flexibility index (Phi) is 20.9. The minimum atomic E-state index is -3.09. The van der Waals surface area contributed by atoms with Crippen molar-refractivity contribution in [3.63, 3.8) is 0 Å². The molecule has 0 heterocycles. The first-order valence-corrected chi connectivity index (χ1v) is 14.8. The minimum Gasteiger partial charge on any atom is -0.212 e. The summed E-state index contributed by atoms with van der Waals surface area (Å²) in [6.45, 7) is 5.92. The zero-order valence-electron chi connectivity index (χ0n) is 18.9. The van der Waals surface area contributed by atoms with Crippen LogP contribution in [0.25, 0.3) is 0 Å². The molecule has 0 amide bonds. The molecular formula is C23H48BrNO2S. The molecule has 5 heteroatoms. The first-order chi connectivity index (χ1) is 13.6. The molecule has 0 aromatic carbocycles. The van der Waals surface area contributed by atoms with Gasteiger partial charge in [-0.05, 0) is 25.7 Å². The van der Waals surface area contributed by atoms with E-state index in [1.165, 1.54) is 64.2 Å². The van der Waals surface area contributed by atoms with Crippen molar-refractivity contribution in [1.29, 1.82) is 0 Å². The third-order valence-electron chi connectivity index (χ3n) is 5.45. The highest BCUT2D eigenvalue weighted by Gasteiger charge is 2.20. The van der Waals surface area contributed by atoms with Crippen molar-refractivity contribution >= 4 is 26.0 Å². The summed E-state index contributed by atoms with van der Waals surface area (Å²) >= 11 is 3.45. The van der Waals surface area contributed by atoms with Crippen LogP contribution in [0.2, 0.25) is 0 Å². The molecule has 0 saturated heterocycles. The maximum absolute atomic E-state index is 12.9. The first kappa shape index (κ1) is 28.4. The summed E-state index contributed by atoms with van der Waals surface area (Å²) in [4.78, 5) is 0. The van der Waals surface area contributed by atoms with Gasteiger partial charge < -0.3 is 0 Å². The third-order valence-corrected chi connectivity index (χ3v) is 7.97. The number of hydrogen-bond acceptors (Lipinski definition) is 2. The van der Waals surface area contributed by atoms with Gasteiger partial charge in [-0.25, -0.2) is 12.7 Å². The lowest BCUT2D eigenvalue weighted by atomic mass is 10.1. The average molecular weight is 483 g/mol. The van der Waals surface area contributed by atoms with Crippen molar-refractivity contribution in [2.24, 2.45) is 0 Å². The second-order valence-corrected chi connectivity index (χ2v) is 11.1. The van der Waals surface area contributed by atoms with Crippen LogP contribution < -0.4 is 0 Å². The van der Waals surface area contributed by atoms with E-state index in [0.717, 1.165) is 63.4 Å². The molecule has 0 radical (unpaired) electrons. The molecule has 3 nitrogen and oxygen atoms in total. The number of halogens is 1. The van der Waals surface area contributed by atoms with Gasteiger partial charge in [0.1, 0.15) is 0 Å². The Morgan fingerprint density at radius 2 is 0.964 bits per heavy atom. The highest BCUT2D eigenvalue weighted by molar-refractivity contribution is 9.09. The topological polar surface area (TPSA) is 37.4 Å². The minimum absolute atomic E-state index is 0.340. The Morgan fingerprint density at radius 1 is 0.571 bits per heavy atom. The highest BCUT2D eigenvalue weighted by Crippen LogP contribution is 2.14. The van der Waals surface area contributed by atoms with Gasteiger partial charge in [0, 0.05) is 18.4 Å². The predicted molar refractivity (Wildman–Crippen MR) is 129 cm³/mol. The molecule has 0 spiro atoms. The number of nitrogens with zero attached hydrogens (tertiary/aromatic N) is 1. The van der Waals surface area contributed by atoms with Crippen LogP contribution >= 0.6 is 15.9 Å². The molecule has 0 fully saturated rings. The Bertz CT molecular complexity index is 399. The standard InChI is InChI=1S/C23H48BrNO2S/c1-3-5-7-9-13-17-21-25(22-18-14-10-8-6-4-2)28(26,27)23-19-15-11-12-16-20-24/h3-23H2,1-2H3. The van der Waals surface area contributed by atoms with Crippen LogP contribution in [-0.2, 0) is 10.0 Å². The molecule has 28 heavy (non-hydrogen) atoms. The van der Waals surface area contributed by atoms with E-state index in [2.05, 4.69) is 29.8 Å². The average Bonchev–Trinajstić information content (AvgIpc) is 2.68. The smallest absolute Gasteiger partial charge is 0.212 e. The van der Waals surface area contributed by atoms with E-state index in [4.69, 9.17) is 0 Å². The van der Waals surface area contributed by atoms with E-state index in [0.29, 0.717) is 5.75 Å². The van der Waals surface area contributed by atoms with Crippen LogP contribution in [0.1, 0.15) is 123 Å². The van der Waals surface area contributed by atoms with Crippen molar-refractivity contribution < 1.29 is 8.42 Å². The number of hydrogen-bond donors (Lipinski definition) is 0. The quantitative estimate of drug-likeness (QED) is 0.117. The first-order valence-electron chi connectivity index (χ1n) is 12.1. The van der Waals surface area contributed by atoms with Crippen molar-refractivity contribution in [2.75, 3.05) is 24.2 Å². The summed E-state index contributed by atoms with van der Waals surface area (Å²) in [6.07, 6.45) is 19.9. The Morgan fingerprint density at radius 3 is 1.43 bits per heavy atom. The summed E-state index contributed by atoms with van der Waals surface area (Å²) in [5.74, 6) is 0.340. The van der Waals surface area contributed by atoms with E-state index in [-0.39, 0.29) is 0 Å². The van der Waals surface area contributed by atoms with Gasteiger partial charge >= 0.3 is 0 Å². The van der Waals surface area contributed by atoms with E-state index < -0.39 is 10.0 Å². The molecule has 0 aromatic heterocycles. The van der Waals surface area contributed by atoms with Gasteiger partial charge in [0.15, 0.2) is 0 Å². The van der Waals surface area contributed by atoms with Gasteiger partial charge in [0.2, 0.25) is 10.0 Å². The molecule has 0 saturated carbocycles. The summed E-state index contributed by atoms with van der Waals surface area (Å²) in [7, 11) is -3.09. The molecule has 170 valence electrons. The molecule has 0 bridgehead atoms. The Hall–Kier alpha value is 0.390. The fourth-order valence-corrected chi connectivity index (χ4v) is 5.60. The van der Waals surface area contributed by atoms with E-state index in [1.54, 1.807) is 0 Å². The van der Waals surface area contributed by atoms with Crippen LogP contribution in [0.4, 0.5) is 0 Å². The zero-order valence-corrected chi connectivity index (χ0v) is 21.3. The number of unbranched alkanes of at least 4 members (excludes halogenated alkanes) is 14. The molecule has 0 aliphatic carbocycles. The Balaban J connectivity index is 4.28. The maximum Gasteiger partial charge on any atom is 0.214 e. The fraction of sp³-hybridized carbons (Fsp3) is 1.00. The van der Waals surface area contributed by atoms with Gasteiger partial charge in [-0.1, -0.05) is 113 Å². The summed E-state index contributed by atoms with van der Waals surface area (Å²) in [5, 5.41) is 1.05. The lowest BCUT2D eigenvalue weighted by molar-refractivity contribution is 0.382. The number of sulfonamides is 1. The largest absolute Gasteiger partial charge is 0.214 e. The van der Waals surface area contributed by atoms with Crippen molar-refractivity contribution in [3.05, 3.63) is 0 Å². The summed E-state index contributed by atoms with van der Waals surface area (Å²) in [6, 6.07) is 0. The Labute approximate surface area is 185 Å². The van der Waals surface area contributed by atoms with Gasteiger partial charge in [-0.15, -0.1) is 0 Å². The summed E-state index contributed by atoms with van der Waals surface area (Å²) in [5.41, 5.74) is 0. The van der Waals surface area contributed by atoms with Crippen molar-refractivity contribution in [3.8, 4) is 0 Å². The summed E-state index contributed by atoms with van der Waals surface area (Å²) < 4.78 is 27.6. The third kappa shape index (κ3) is 17.3. The predicted octanol–water partition coefficient (Wildman–Crippen LogP) is 7.68. The monoisotopic (exact) mass is 481 g/mol. The molecular weight excluding hydrogens is 434 g/mol. The van der Waals surface area contributed by atoms with Gasteiger partial charge in [-0.2, -0.15) is 0 Å². The molecule has 0 aliphatic rings. The van der Waals surface area contributed by atoms with Gasteiger partial charge in [0.05, 0.1) is 5.75 Å². The van der Waals surface area contributed by atoms with Crippen molar-refractivity contribution in [1.82, 2.24) is 4.31 Å². The fourth-order valence-electron chi connectivity index (χ4n) is 3.57. The lowest BCUT2D eigenvalue weighted by Gasteiger charge is -2.22. The molecule has 0 aliphatic heterocycles. The van der Waals surface area contributed by atoms with Gasteiger partial charge in [-0.3, -0.25) is 0 Å². The van der Waals surface area contributed by atoms with Crippen LogP contribution in [-0.4, -0.2) is 36.9 Å². The number of alkyl halides is 1. The highest BCUT2D eigenvalue weighted by atomic mass is 79.9. The van der Waals surface area contributed by atoms with Crippen LogP contribution in [0.3, 0.4) is 0 Å². The van der Waals surface area contributed by atoms with Gasteiger partial charge in [0.25, 0.3) is 0 Å². The maximum atomic E-state index is 12.9. The number of rotatable bonds is 22.